The normalized spacial score (nSPS) is 16.5. The molecule has 0 aromatic carbocycles. The predicted octanol–water partition coefficient (Wildman–Crippen LogP) is 2.22. The van der Waals surface area contributed by atoms with E-state index in [1.807, 2.05) is 10.8 Å². The van der Waals surface area contributed by atoms with Crippen LogP contribution >= 0.6 is 0 Å². The lowest BCUT2D eigenvalue weighted by Crippen LogP contribution is -2.31. The van der Waals surface area contributed by atoms with Gasteiger partial charge in [-0.3, -0.25) is 4.79 Å². The van der Waals surface area contributed by atoms with Gasteiger partial charge < -0.3 is 4.57 Å². The van der Waals surface area contributed by atoms with Crippen molar-refractivity contribution in [1.82, 2.24) is 4.57 Å². The lowest BCUT2D eigenvalue weighted by Gasteiger charge is -2.19. The van der Waals surface area contributed by atoms with Crippen LogP contribution in [0, 0.1) is 0 Å². The first-order chi connectivity index (χ1) is 8.71. The minimum absolute atomic E-state index is 0.109. The molecule has 1 aliphatic carbocycles. The maximum absolute atomic E-state index is 12.1. The fourth-order valence-corrected chi connectivity index (χ4v) is 3.30. The van der Waals surface area contributed by atoms with Crippen LogP contribution in [0.15, 0.2) is 12.4 Å². The summed E-state index contributed by atoms with van der Waals surface area (Å²) in [6, 6.07) is 0. The van der Waals surface area contributed by atoms with E-state index in [9.17, 15) is 13.2 Å². The number of rotatable bonds is 3. The highest BCUT2D eigenvalue weighted by molar-refractivity contribution is 7.92. The third kappa shape index (κ3) is 2.91. The number of aryl methyl sites for hydroxylation is 2. The summed E-state index contributed by atoms with van der Waals surface area (Å²) in [5, 5.41) is 0. The topological polar surface area (TPSA) is 56.1 Å². The van der Waals surface area contributed by atoms with E-state index < -0.39 is 14.6 Å². The second kappa shape index (κ2) is 4.78. The van der Waals surface area contributed by atoms with Crippen molar-refractivity contribution in [2.24, 2.45) is 0 Å². The van der Waals surface area contributed by atoms with E-state index in [4.69, 9.17) is 0 Å². The van der Waals surface area contributed by atoms with Crippen molar-refractivity contribution in [3.8, 4) is 0 Å². The second-order valence-corrected chi connectivity index (χ2v) is 9.01. The van der Waals surface area contributed by atoms with Gasteiger partial charge in [0.1, 0.15) is 0 Å². The highest BCUT2D eigenvalue weighted by Gasteiger charge is 2.28. The lowest BCUT2D eigenvalue weighted by molar-refractivity contribution is 0.0973. The maximum atomic E-state index is 12.1. The number of sulfone groups is 1. The molecule has 0 radical (unpaired) electrons. The van der Waals surface area contributed by atoms with E-state index >= 15 is 0 Å². The van der Waals surface area contributed by atoms with Gasteiger partial charge in [0.15, 0.2) is 15.6 Å². The fourth-order valence-electron chi connectivity index (χ4n) is 2.24. The summed E-state index contributed by atoms with van der Waals surface area (Å²) >= 11 is 0. The van der Waals surface area contributed by atoms with Gasteiger partial charge in [-0.05, 0) is 39.2 Å². The molecular weight excluding hydrogens is 262 g/mol. The van der Waals surface area contributed by atoms with Crippen LogP contribution in [0.3, 0.4) is 0 Å². The molecule has 0 spiro atoms. The van der Waals surface area contributed by atoms with Gasteiger partial charge in [0.2, 0.25) is 0 Å². The van der Waals surface area contributed by atoms with Crippen LogP contribution < -0.4 is 0 Å². The number of carbonyl (C=O) groups is 1. The molecule has 0 atom stereocenters. The highest BCUT2D eigenvalue weighted by Crippen LogP contribution is 2.22. The Balaban J connectivity index is 2.12. The summed E-state index contributed by atoms with van der Waals surface area (Å²) < 4.78 is 25.2. The van der Waals surface area contributed by atoms with Gasteiger partial charge in [-0.15, -0.1) is 0 Å². The molecule has 1 aromatic heterocycles. The summed E-state index contributed by atoms with van der Waals surface area (Å²) in [5.74, 6) is 0.289. The highest BCUT2D eigenvalue weighted by atomic mass is 32.2. The molecule has 5 heteroatoms. The summed E-state index contributed by atoms with van der Waals surface area (Å²) in [6.45, 7) is 5.56. The smallest absolute Gasteiger partial charge is 0.164 e. The minimum atomic E-state index is -3.12. The van der Waals surface area contributed by atoms with E-state index in [1.54, 1.807) is 27.0 Å². The molecule has 0 fully saturated rings. The van der Waals surface area contributed by atoms with Gasteiger partial charge in [-0.25, -0.2) is 8.42 Å². The molecule has 1 aromatic rings. The number of fused-ring (bicyclic) bond motifs is 1. The first-order valence-electron chi connectivity index (χ1n) is 6.65. The van der Waals surface area contributed by atoms with Crippen molar-refractivity contribution < 1.29 is 13.2 Å². The minimum Gasteiger partial charge on any atom is -0.352 e. The molecule has 1 aliphatic rings. The number of nitrogens with zero attached hydrogens (tertiary/aromatic N) is 1. The van der Waals surface area contributed by atoms with Gasteiger partial charge >= 0.3 is 0 Å². The zero-order valence-electron chi connectivity index (χ0n) is 11.8. The van der Waals surface area contributed by atoms with Gasteiger partial charge in [-0.1, -0.05) is 0 Å². The van der Waals surface area contributed by atoms with Crippen LogP contribution in [0.25, 0.3) is 0 Å². The number of ketones is 1. The number of aromatic nitrogens is 1. The zero-order valence-corrected chi connectivity index (χ0v) is 12.6. The Morgan fingerprint density at radius 3 is 2.47 bits per heavy atom. The van der Waals surface area contributed by atoms with Crippen LogP contribution in [-0.2, 0) is 22.8 Å². The molecule has 4 nitrogen and oxygen atoms in total. The molecule has 0 N–H and O–H groups in total. The van der Waals surface area contributed by atoms with Crippen molar-refractivity contribution >= 4 is 15.6 Å². The van der Waals surface area contributed by atoms with E-state index in [0.29, 0.717) is 13.0 Å². The number of hydrogen-bond acceptors (Lipinski definition) is 3. The first kappa shape index (κ1) is 14.3. The third-order valence-corrected chi connectivity index (χ3v) is 6.25. The number of carbonyl (C=O) groups excluding carboxylic acids is 1. The summed E-state index contributed by atoms with van der Waals surface area (Å²) in [4.78, 5) is 11.7. The number of hydrogen-bond donors (Lipinski definition) is 0. The molecular formula is C14H21NO3S. The van der Waals surface area contributed by atoms with Crippen molar-refractivity contribution in [1.29, 1.82) is 0 Å². The Morgan fingerprint density at radius 1 is 1.21 bits per heavy atom. The third-order valence-electron chi connectivity index (χ3n) is 3.66. The molecule has 0 bridgehead atoms. The summed E-state index contributed by atoms with van der Waals surface area (Å²) in [5.41, 5.74) is 1.84. The lowest BCUT2D eigenvalue weighted by atomic mass is 9.95. The number of Topliss-reactive ketones (excluding diaryl/α,β-unsaturated/α-hetero) is 1. The maximum Gasteiger partial charge on any atom is 0.164 e. The van der Waals surface area contributed by atoms with Crippen molar-refractivity contribution in [3.05, 3.63) is 23.5 Å². The van der Waals surface area contributed by atoms with Crippen LogP contribution in [0.1, 0.15) is 49.5 Å². The van der Waals surface area contributed by atoms with Crippen molar-refractivity contribution in [2.75, 3.05) is 5.75 Å². The Hall–Kier alpha value is -1.10. The Labute approximate surface area is 114 Å². The van der Waals surface area contributed by atoms with Crippen LogP contribution in [0.2, 0.25) is 0 Å². The molecule has 0 aliphatic heterocycles. The summed E-state index contributed by atoms with van der Waals surface area (Å²) in [7, 11) is -3.12. The van der Waals surface area contributed by atoms with Crippen molar-refractivity contribution in [3.63, 3.8) is 0 Å². The Bertz CT molecular complexity index is 591. The molecule has 19 heavy (non-hydrogen) atoms. The van der Waals surface area contributed by atoms with Gasteiger partial charge in [0.05, 0.1) is 10.5 Å². The zero-order chi connectivity index (χ0) is 14.3. The van der Waals surface area contributed by atoms with E-state index in [2.05, 4.69) is 0 Å². The SMILES string of the molecule is CC(C)(C)S(=O)(=O)CCn1cc2c(c1)C(=O)CCC2. The monoisotopic (exact) mass is 283 g/mol. The predicted molar refractivity (Wildman–Crippen MR) is 75.2 cm³/mol. The second-order valence-electron chi connectivity index (χ2n) is 6.14. The standard InChI is InChI=1S/C14H21NO3S/c1-14(2,3)19(17,18)8-7-15-9-11-5-4-6-13(16)12(11)10-15/h9-10H,4-8H2,1-3H3. The van der Waals surface area contributed by atoms with Crippen molar-refractivity contribution in [2.45, 2.75) is 51.3 Å². The van der Waals surface area contributed by atoms with Gasteiger partial charge in [0.25, 0.3) is 0 Å². The molecule has 0 amide bonds. The Morgan fingerprint density at radius 2 is 1.89 bits per heavy atom. The van der Waals surface area contributed by atoms with E-state index in [0.717, 1.165) is 24.0 Å². The van der Waals surface area contributed by atoms with E-state index in [1.165, 1.54) is 0 Å². The van der Waals surface area contributed by atoms with Crippen LogP contribution in [0.4, 0.5) is 0 Å². The van der Waals surface area contributed by atoms with Crippen LogP contribution in [0.5, 0.6) is 0 Å². The largest absolute Gasteiger partial charge is 0.352 e. The first-order valence-corrected chi connectivity index (χ1v) is 8.30. The average molecular weight is 283 g/mol. The molecule has 2 rings (SSSR count). The Kier molecular flexibility index (Phi) is 3.60. The fraction of sp³-hybridized carbons (Fsp3) is 0.643. The molecule has 106 valence electrons. The van der Waals surface area contributed by atoms with Crippen LogP contribution in [-0.4, -0.2) is 29.3 Å². The van der Waals surface area contributed by atoms with Gasteiger partial charge in [-0.2, -0.15) is 0 Å². The molecule has 0 saturated heterocycles. The molecule has 0 saturated carbocycles. The molecule has 0 unspecified atom stereocenters. The van der Waals surface area contributed by atoms with E-state index in [-0.39, 0.29) is 11.5 Å². The average Bonchev–Trinajstić information content (AvgIpc) is 2.69. The summed E-state index contributed by atoms with van der Waals surface area (Å²) in [6.07, 6.45) is 6.15. The van der Waals surface area contributed by atoms with Gasteiger partial charge in [0, 0.05) is 30.9 Å². The molecule has 1 heterocycles. The quantitative estimate of drug-likeness (QED) is 0.854.